The van der Waals surface area contributed by atoms with E-state index in [2.05, 4.69) is 26.5 Å². The largest absolute Gasteiger partial charge is 0.490 e. The van der Waals surface area contributed by atoms with Crippen molar-refractivity contribution in [3.8, 4) is 11.5 Å². The number of amides is 1. The summed E-state index contributed by atoms with van der Waals surface area (Å²) in [5.41, 5.74) is 6.41. The Labute approximate surface area is 201 Å². The first kappa shape index (κ1) is 23.8. The Hall–Kier alpha value is -2.83. The Balaban J connectivity index is 1.65. The first-order chi connectivity index (χ1) is 15.4. The highest BCUT2D eigenvalue weighted by Crippen LogP contribution is 2.37. The third kappa shape index (κ3) is 7.11. The van der Waals surface area contributed by atoms with Crippen LogP contribution in [0.3, 0.4) is 0 Å². The summed E-state index contributed by atoms with van der Waals surface area (Å²) >= 11 is 9.49. The lowest BCUT2D eigenvalue weighted by molar-refractivity contribution is -0.120. The van der Waals surface area contributed by atoms with Gasteiger partial charge in [-0.25, -0.2) is 5.43 Å². The highest BCUT2D eigenvalue weighted by atomic mass is 79.9. The number of hydrazone groups is 1. The molecule has 0 heterocycles. The smallest absolute Gasteiger partial charge is 0.244 e. The number of nitrogens with zero attached hydrogens (tertiary/aromatic N) is 1. The normalized spacial score (nSPS) is 10.9. The van der Waals surface area contributed by atoms with Crippen LogP contribution in [0.1, 0.15) is 29.2 Å². The molecule has 3 aromatic carbocycles. The maximum Gasteiger partial charge on any atom is 0.244 e. The fourth-order valence-electron chi connectivity index (χ4n) is 2.91. The maximum absolute atomic E-state index is 12.1. The van der Waals surface area contributed by atoms with Crippen LogP contribution in [0.5, 0.6) is 11.5 Å². The molecule has 0 unspecified atom stereocenters. The van der Waals surface area contributed by atoms with Crippen LogP contribution in [-0.2, 0) is 17.8 Å². The summed E-state index contributed by atoms with van der Waals surface area (Å²) < 4.78 is 12.5. The molecule has 0 fully saturated rings. The fourth-order valence-corrected chi connectivity index (χ4v) is 3.61. The van der Waals surface area contributed by atoms with E-state index in [4.69, 9.17) is 21.1 Å². The molecule has 0 saturated carbocycles. The number of hydrogen-bond acceptors (Lipinski definition) is 4. The summed E-state index contributed by atoms with van der Waals surface area (Å²) in [7, 11) is 0. The molecule has 166 valence electrons. The number of halogens is 2. The molecule has 0 atom stereocenters. The van der Waals surface area contributed by atoms with Gasteiger partial charge in [0.2, 0.25) is 5.91 Å². The first-order valence-corrected chi connectivity index (χ1v) is 11.3. The quantitative estimate of drug-likeness (QED) is 0.277. The van der Waals surface area contributed by atoms with Crippen LogP contribution in [0, 0.1) is 6.92 Å². The van der Waals surface area contributed by atoms with Crippen LogP contribution < -0.4 is 14.9 Å². The Morgan fingerprint density at radius 2 is 1.75 bits per heavy atom. The zero-order valence-corrected chi connectivity index (χ0v) is 20.2. The van der Waals surface area contributed by atoms with E-state index in [9.17, 15) is 4.79 Å². The topological polar surface area (TPSA) is 59.9 Å². The number of hydrogen-bond donors (Lipinski definition) is 1. The van der Waals surface area contributed by atoms with E-state index in [0.717, 1.165) is 26.7 Å². The molecular formula is C25H24BrClN2O3. The summed E-state index contributed by atoms with van der Waals surface area (Å²) in [6, 6.07) is 19.0. The van der Waals surface area contributed by atoms with E-state index in [1.807, 2.05) is 74.5 Å². The van der Waals surface area contributed by atoms with Crippen molar-refractivity contribution in [2.75, 3.05) is 6.61 Å². The summed E-state index contributed by atoms with van der Waals surface area (Å²) in [6.45, 7) is 4.77. The van der Waals surface area contributed by atoms with Gasteiger partial charge >= 0.3 is 0 Å². The zero-order valence-electron chi connectivity index (χ0n) is 17.9. The van der Waals surface area contributed by atoms with Crippen molar-refractivity contribution in [2.45, 2.75) is 26.9 Å². The molecule has 0 aliphatic heterocycles. The Kier molecular flexibility index (Phi) is 8.71. The SMILES string of the molecule is CCOc1cc(/C=N/NC(=O)Cc2ccc(C)cc2)cc(Br)c1OCc1ccc(Cl)cc1. The van der Waals surface area contributed by atoms with Gasteiger partial charge in [0.1, 0.15) is 6.61 Å². The van der Waals surface area contributed by atoms with Crippen molar-refractivity contribution >= 4 is 39.7 Å². The van der Waals surface area contributed by atoms with Crippen LogP contribution in [0.25, 0.3) is 0 Å². The second-order valence-electron chi connectivity index (χ2n) is 7.13. The lowest BCUT2D eigenvalue weighted by atomic mass is 10.1. The highest BCUT2D eigenvalue weighted by Gasteiger charge is 2.12. The number of aryl methyl sites for hydroxylation is 1. The molecule has 0 radical (unpaired) electrons. The minimum absolute atomic E-state index is 0.183. The number of carbonyl (C=O) groups is 1. The van der Waals surface area contributed by atoms with E-state index < -0.39 is 0 Å². The van der Waals surface area contributed by atoms with Gasteiger partial charge in [-0.1, -0.05) is 53.6 Å². The van der Waals surface area contributed by atoms with E-state index >= 15 is 0 Å². The molecule has 0 saturated heterocycles. The minimum atomic E-state index is -0.183. The van der Waals surface area contributed by atoms with Gasteiger partial charge in [-0.3, -0.25) is 4.79 Å². The average Bonchev–Trinajstić information content (AvgIpc) is 2.76. The van der Waals surface area contributed by atoms with Crippen LogP contribution >= 0.6 is 27.5 Å². The monoisotopic (exact) mass is 514 g/mol. The van der Waals surface area contributed by atoms with Gasteiger partial charge in [0.15, 0.2) is 11.5 Å². The average molecular weight is 516 g/mol. The second-order valence-corrected chi connectivity index (χ2v) is 8.42. The Morgan fingerprint density at radius 1 is 1.06 bits per heavy atom. The summed E-state index contributed by atoms with van der Waals surface area (Å²) in [4.78, 5) is 12.1. The van der Waals surface area contributed by atoms with E-state index in [0.29, 0.717) is 29.7 Å². The predicted octanol–water partition coefficient (Wildman–Crippen LogP) is 6.08. The van der Waals surface area contributed by atoms with E-state index in [-0.39, 0.29) is 12.3 Å². The third-order valence-corrected chi connectivity index (χ3v) is 5.36. The molecule has 3 aromatic rings. The first-order valence-electron chi connectivity index (χ1n) is 10.2. The van der Waals surface area contributed by atoms with Gasteiger partial charge in [0.05, 0.1) is 23.7 Å². The Morgan fingerprint density at radius 3 is 2.44 bits per heavy atom. The highest BCUT2D eigenvalue weighted by molar-refractivity contribution is 9.10. The van der Waals surface area contributed by atoms with Crippen LogP contribution in [-0.4, -0.2) is 18.7 Å². The molecular weight excluding hydrogens is 492 g/mol. The van der Waals surface area contributed by atoms with Crippen LogP contribution in [0.2, 0.25) is 5.02 Å². The van der Waals surface area contributed by atoms with Crippen molar-refractivity contribution in [1.29, 1.82) is 0 Å². The summed E-state index contributed by atoms with van der Waals surface area (Å²) in [6.07, 6.45) is 1.84. The molecule has 3 rings (SSSR count). The standard InChI is InChI=1S/C25H24BrClN2O3/c1-3-31-23-13-20(15-28-29-24(30)14-18-6-4-17(2)5-7-18)12-22(26)25(23)32-16-19-8-10-21(27)11-9-19/h4-13,15H,3,14,16H2,1-2H3,(H,29,30)/b28-15+. The maximum atomic E-state index is 12.1. The molecule has 0 aromatic heterocycles. The fraction of sp³-hybridized carbons (Fsp3) is 0.200. The van der Waals surface area contributed by atoms with Gasteiger partial charge in [-0.15, -0.1) is 0 Å². The van der Waals surface area contributed by atoms with Crippen molar-refractivity contribution in [2.24, 2.45) is 5.10 Å². The van der Waals surface area contributed by atoms with E-state index in [1.54, 1.807) is 6.21 Å². The minimum Gasteiger partial charge on any atom is -0.490 e. The number of nitrogens with one attached hydrogen (secondary N) is 1. The molecule has 1 N–H and O–H groups in total. The van der Waals surface area contributed by atoms with Gasteiger partial charge in [-0.2, -0.15) is 5.10 Å². The van der Waals surface area contributed by atoms with Gasteiger partial charge in [0.25, 0.3) is 0 Å². The molecule has 5 nitrogen and oxygen atoms in total. The molecule has 7 heteroatoms. The second kappa shape index (κ2) is 11.7. The summed E-state index contributed by atoms with van der Waals surface area (Å²) in [5, 5.41) is 4.75. The van der Waals surface area contributed by atoms with Crippen LogP contribution in [0.15, 0.2) is 70.2 Å². The van der Waals surface area contributed by atoms with Crippen molar-refractivity contribution < 1.29 is 14.3 Å². The van der Waals surface area contributed by atoms with Gasteiger partial charge < -0.3 is 9.47 Å². The number of benzene rings is 3. The number of ether oxygens (including phenoxy) is 2. The molecule has 1 amide bonds. The molecule has 0 aliphatic rings. The zero-order chi connectivity index (χ0) is 22.9. The number of carbonyl (C=O) groups excluding carboxylic acids is 1. The van der Waals surface area contributed by atoms with Crippen molar-refractivity contribution in [1.82, 2.24) is 5.43 Å². The molecule has 32 heavy (non-hydrogen) atoms. The van der Waals surface area contributed by atoms with E-state index in [1.165, 1.54) is 0 Å². The third-order valence-electron chi connectivity index (χ3n) is 4.52. The molecule has 0 aliphatic carbocycles. The summed E-state index contributed by atoms with van der Waals surface area (Å²) in [5.74, 6) is 1.00. The van der Waals surface area contributed by atoms with Gasteiger partial charge in [-0.05, 0) is 70.7 Å². The molecule has 0 spiro atoms. The lowest BCUT2D eigenvalue weighted by Crippen LogP contribution is -2.19. The lowest BCUT2D eigenvalue weighted by Gasteiger charge is -2.14. The van der Waals surface area contributed by atoms with Gasteiger partial charge in [0, 0.05) is 5.02 Å². The van der Waals surface area contributed by atoms with Crippen molar-refractivity contribution in [3.05, 3.63) is 92.4 Å². The molecule has 0 bridgehead atoms. The van der Waals surface area contributed by atoms with Crippen LogP contribution in [0.4, 0.5) is 0 Å². The Bertz CT molecular complexity index is 1080. The van der Waals surface area contributed by atoms with Crippen molar-refractivity contribution in [3.63, 3.8) is 0 Å². The number of rotatable bonds is 9. The predicted molar refractivity (Wildman–Crippen MR) is 132 cm³/mol.